The van der Waals surface area contributed by atoms with Gasteiger partial charge in [-0.3, -0.25) is 0 Å². The van der Waals surface area contributed by atoms with Crippen LogP contribution in [0.2, 0.25) is 0 Å². The summed E-state index contributed by atoms with van der Waals surface area (Å²) in [5.74, 6) is 1.77. The Kier molecular flexibility index (Phi) is 3.15. The fraction of sp³-hybridized carbons (Fsp3) is 0.615. The second-order valence-electron chi connectivity index (χ2n) is 4.97. The van der Waals surface area contributed by atoms with Crippen LogP contribution in [0, 0.1) is 5.92 Å². The number of anilines is 1. The third-order valence-electron chi connectivity index (χ3n) is 3.33. The van der Waals surface area contributed by atoms with E-state index in [2.05, 4.69) is 23.7 Å². The molecule has 1 aromatic rings. The molecule has 2 heterocycles. The van der Waals surface area contributed by atoms with E-state index in [0.29, 0.717) is 6.04 Å². The molecule has 1 aliphatic rings. The number of aromatic nitrogens is 1. The minimum Gasteiger partial charge on any atom is -0.389 e. The van der Waals surface area contributed by atoms with Crippen LogP contribution >= 0.6 is 0 Å². The Balaban J connectivity index is 2.15. The smallest absolute Gasteiger partial charge is 0.128 e. The monoisotopic (exact) mass is 220 g/mol. The maximum Gasteiger partial charge on any atom is 0.128 e. The van der Waals surface area contributed by atoms with Gasteiger partial charge in [0, 0.05) is 18.8 Å². The molecule has 0 radical (unpaired) electrons. The first-order chi connectivity index (χ1) is 7.58. The molecule has 3 heteroatoms. The van der Waals surface area contributed by atoms with Crippen molar-refractivity contribution in [3.05, 3.63) is 23.9 Å². The van der Waals surface area contributed by atoms with E-state index in [1.165, 1.54) is 6.42 Å². The van der Waals surface area contributed by atoms with Crippen molar-refractivity contribution >= 4 is 5.82 Å². The summed E-state index contributed by atoms with van der Waals surface area (Å²) in [6.07, 6.45) is 2.58. The lowest BCUT2D eigenvalue weighted by atomic mass is 10.1. The van der Waals surface area contributed by atoms with Gasteiger partial charge in [-0.1, -0.05) is 13.0 Å². The van der Waals surface area contributed by atoms with E-state index >= 15 is 0 Å². The summed E-state index contributed by atoms with van der Waals surface area (Å²) in [5, 5.41) is 9.42. The summed E-state index contributed by atoms with van der Waals surface area (Å²) in [5.41, 5.74) is 0.878. The summed E-state index contributed by atoms with van der Waals surface area (Å²) in [4.78, 5) is 6.78. The summed E-state index contributed by atoms with van der Waals surface area (Å²) in [6, 6.07) is 4.54. The van der Waals surface area contributed by atoms with Crippen LogP contribution in [0.25, 0.3) is 0 Å². The molecule has 88 valence electrons. The lowest BCUT2D eigenvalue weighted by Gasteiger charge is -2.22. The molecular weight excluding hydrogens is 200 g/mol. The summed E-state index contributed by atoms with van der Waals surface area (Å²) < 4.78 is 0. The Labute approximate surface area is 97.1 Å². The second-order valence-corrected chi connectivity index (χ2v) is 4.97. The van der Waals surface area contributed by atoms with E-state index in [4.69, 9.17) is 0 Å². The Morgan fingerprint density at radius 3 is 2.62 bits per heavy atom. The Bertz CT molecular complexity index is 347. The molecule has 1 aliphatic heterocycles. The van der Waals surface area contributed by atoms with Crippen LogP contribution in [0.4, 0.5) is 5.82 Å². The predicted octanol–water partition coefficient (Wildman–Crippen LogP) is 2.37. The zero-order chi connectivity index (χ0) is 11.7. The van der Waals surface area contributed by atoms with Gasteiger partial charge in [0.1, 0.15) is 5.82 Å². The molecule has 16 heavy (non-hydrogen) atoms. The molecule has 1 N–H and O–H groups in total. The Morgan fingerprint density at radius 2 is 2.19 bits per heavy atom. The highest BCUT2D eigenvalue weighted by Gasteiger charge is 2.26. The average Bonchev–Trinajstić information content (AvgIpc) is 2.58. The number of hydrogen-bond donors (Lipinski definition) is 1. The van der Waals surface area contributed by atoms with Gasteiger partial charge in [0.25, 0.3) is 0 Å². The van der Waals surface area contributed by atoms with Crippen molar-refractivity contribution in [3.63, 3.8) is 0 Å². The van der Waals surface area contributed by atoms with Crippen LogP contribution in [-0.2, 0) is 0 Å². The first-order valence-corrected chi connectivity index (χ1v) is 5.98. The molecule has 0 spiro atoms. The Hall–Kier alpha value is -1.09. The molecule has 0 amide bonds. The zero-order valence-electron chi connectivity index (χ0n) is 10.2. The van der Waals surface area contributed by atoms with Gasteiger partial charge in [-0.05, 0) is 37.8 Å². The van der Waals surface area contributed by atoms with Gasteiger partial charge in [0.05, 0.1) is 6.10 Å². The third-order valence-corrected chi connectivity index (χ3v) is 3.33. The average molecular weight is 220 g/mol. The molecule has 1 aromatic heterocycles. The van der Waals surface area contributed by atoms with Crippen LogP contribution in [0.1, 0.15) is 38.9 Å². The topological polar surface area (TPSA) is 36.4 Å². The molecule has 2 rings (SSSR count). The van der Waals surface area contributed by atoms with Crippen molar-refractivity contribution in [3.8, 4) is 0 Å². The van der Waals surface area contributed by atoms with Gasteiger partial charge < -0.3 is 10.0 Å². The molecule has 1 saturated heterocycles. The SMILES string of the molecule is CC1CC(C)N(c2ccc([C@H](C)O)cn2)C1. The summed E-state index contributed by atoms with van der Waals surface area (Å²) in [6.45, 7) is 7.37. The van der Waals surface area contributed by atoms with E-state index < -0.39 is 6.10 Å². The summed E-state index contributed by atoms with van der Waals surface area (Å²) >= 11 is 0. The first kappa shape index (κ1) is 11.4. The highest BCUT2D eigenvalue weighted by atomic mass is 16.3. The van der Waals surface area contributed by atoms with Crippen LogP contribution in [0.5, 0.6) is 0 Å². The number of nitrogens with zero attached hydrogens (tertiary/aromatic N) is 2. The van der Waals surface area contributed by atoms with Gasteiger partial charge in [-0.2, -0.15) is 0 Å². The van der Waals surface area contributed by atoms with Gasteiger partial charge in [-0.25, -0.2) is 4.98 Å². The molecular formula is C13H20N2O. The van der Waals surface area contributed by atoms with Crippen LogP contribution in [0.3, 0.4) is 0 Å². The highest BCUT2D eigenvalue weighted by molar-refractivity contribution is 5.42. The van der Waals surface area contributed by atoms with Crippen molar-refractivity contribution in [2.45, 2.75) is 39.3 Å². The Morgan fingerprint density at radius 1 is 1.44 bits per heavy atom. The van der Waals surface area contributed by atoms with Crippen molar-refractivity contribution in [2.75, 3.05) is 11.4 Å². The third kappa shape index (κ3) is 2.19. The number of hydrogen-bond acceptors (Lipinski definition) is 3. The lowest BCUT2D eigenvalue weighted by Crippen LogP contribution is -2.27. The first-order valence-electron chi connectivity index (χ1n) is 5.98. The molecule has 0 saturated carbocycles. The molecule has 1 fully saturated rings. The normalized spacial score (nSPS) is 27.1. The van der Waals surface area contributed by atoms with Crippen molar-refractivity contribution in [2.24, 2.45) is 5.92 Å². The molecule has 0 bridgehead atoms. The fourth-order valence-electron chi connectivity index (χ4n) is 2.43. The minimum absolute atomic E-state index is 0.434. The second kappa shape index (κ2) is 4.42. The quantitative estimate of drug-likeness (QED) is 0.831. The van der Waals surface area contributed by atoms with Crippen LogP contribution < -0.4 is 4.90 Å². The van der Waals surface area contributed by atoms with Crippen molar-refractivity contribution < 1.29 is 5.11 Å². The predicted molar refractivity (Wildman–Crippen MR) is 65.5 cm³/mol. The van der Waals surface area contributed by atoms with E-state index in [1.54, 1.807) is 13.1 Å². The molecule has 3 atom stereocenters. The molecule has 3 nitrogen and oxygen atoms in total. The summed E-state index contributed by atoms with van der Waals surface area (Å²) in [7, 11) is 0. The maximum atomic E-state index is 9.42. The fourth-order valence-corrected chi connectivity index (χ4v) is 2.43. The van der Waals surface area contributed by atoms with E-state index in [-0.39, 0.29) is 0 Å². The molecule has 0 aromatic carbocycles. The lowest BCUT2D eigenvalue weighted by molar-refractivity contribution is 0.199. The number of aliphatic hydroxyl groups is 1. The van der Waals surface area contributed by atoms with E-state index in [0.717, 1.165) is 23.8 Å². The largest absolute Gasteiger partial charge is 0.389 e. The molecule has 2 unspecified atom stereocenters. The van der Waals surface area contributed by atoms with Crippen molar-refractivity contribution in [1.82, 2.24) is 4.98 Å². The minimum atomic E-state index is -0.434. The molecule has 0 aliphatic carbocycles. The standard InChI is InChI=1S/C13H20N2O/c1-9-6-10(2)15(8-9)13-5-4-12(7-14-13)11(3)16/h4-5,7,9-11,16H,6,8H2,1-3H3/t9?,10?,11-/m0/s1. The van der Waals surface area contributed by atoms with Crippen molar-refractivity contribution in [1.29, 1.82) is 0 Å². The number of pyridine rings is 1. The van der Waals surface area contributed by atoms with Gasteiger partial charge in [-0.15, -0.1) is 0 Å². The maximum absolute atomic E-state index is 9.42. The number of aliphatic hydroxyl groups excluding tert-OH is 1. The number of rotatable bonds is 2. The van der Waals surface area contributed by atoms with Crippen LogP contribution in [-0.4, -0.2) is 22.7 Å². The zero-order valence-corrected chi connectivity index (χ0v) is 10.2. The van der Waals surface area contributed by atoms with E-state index in [1.807, 2.05) is 12.1 Å². The highest BCUT2D eigenvalue weighted by Crippen LogP contribution is 2.27. The van der Waals surface area contributed by atoms with Gasteiger partial charge in [0.2, 0.25) is 0 Å². The van der Waals surface area contributed by atoms with Gasteiger partial charge in [0.15, 0.2) is 0 Å². The van der Waals surface area contributed by atoms with E-state index in [9.17, 15) is 5.11 Å². The van der Waals surface area contributed by atoms with Gasteiger partial charge >= 0.3 is 0 Å². The van der Waals surface area contributed by atoms with Crippen LogP contribution in [0.15, 0.2) is 18.3 Å².